The second-order valence-electron chi connectivity index (χ2n) is 1.88. The van der Waals surface area contributed by atoms with Crippen LogP contribution in [-0.2, 0) is 9.59 Å². The highest BCUT2D eigenvalue weighted by Crippen LogP contribution is 1.93. The minimum atomic E-state index is -1.17. The molecule has 114 valence electrons. The van der Waals surface area contributed by atoms with E-state index in [-0.39, 0.29) is 51.2 Å². The van der Waals surface area contributed by atoms with Crippen LogP contribution in [0.4, 0.5) is 0 Å². The predicted octanol–water partition coefficient (Wildman–Crippen LogP) is -6.51. The van der Waals surface area contributed by atoms with Gasteiger partial charge in [0.2, 0.25) is 0 Å². The molecule has 12 heteroatoms. The summed E-state index contributed by atoms with van der Waals surface area (Å²) < 4.78 is 0. The number of carbonyl (C=O) groups is 2. The van der Waals surface area contributed by atoms with Crippen molar-refractivity contribution in [2.75, 3.05) is 0 Å². The van der Waals surface area contributed by atoms with E-state index < -0.39 is 18.0 Å². The van der Waals surface area contributed by atoms with Gasteiger partial charge in [-0.2, -0.15) is 0 Å². The van der Waals surface area contributed by atoms with Crippen LogP contribution in [0.3, 0.4) is 0 Å². The smallest absolute Gasteiger partial charge is 0.320 e. The molecule has 1 unspecified atom stereocenters. The van der Waals surface area contributed by atoms with Crippen LogP contribution in [0.5, 0.6) is 0 Å². The van der Waals surface area contributed by atoms with Crippen LogP contribution in [-0.4, -0.2) is 66.5 Å². The molecule has 0 radical (unpaired) electrons. The van der Waals surface area contributed by atoms with E-state index in [1.807, 2.05) is 0 Å². The van der Waals surface area contributed by atoms with Crippen molar-refractivity contribution in [3.8, 4) is 0 Å². The van der Waals surface area contributed by atoms with Gasteiger partial charge in [-0.1, -0.05) is 0 Å². The van der Waals surface area contributed by atoms with Crippen LogP contribution < -0.4 is 5.73 Å². The maximum absolute atomic E-state index is 9.99. The largest absolute Gasteiger partial charge is 0.481 e. The summed E-state index contributed by atoms with van der Waals surface area (Å²) in [5.74, 6) is -2.20. The lowest BCUT2D eigenvalue weighted by atomic mass is 10.2. The van der Waals surface area contributed by atoms with Crippen LogP contribution >= 0.6 is 0 Å². The van der Waals surface area contributed by atoms with Crippen molar-refractivity contribution in [2.24, 2.45) is 5.73 Å². The van der Waals surface area contributed by atoms with Gasteiger partial charge in [0.25, 0.3) is 0 Å². The lowest BCUT2D eigenvalue weighted by molar-refractivity contribution is -0.139. The van der Waals surface area contributed by atoms with Crippen molar-refractivity contribution >= 4 is 11.9 Å². The summed E-state index contributed by atoms with van der Waals surface area (Å²) in [4.78, 5) is 19.9. The fourth-order valence-corrected chi connectivity index (χ4v) is 0.402. The Morgan fingerprint density at radius 1 is 0.882 bits per heavy atom. The van der Waals surface area contributed by atoms with Crippen LogP contribution in [0, 0.1) is 0 Å². The SMILES string of the molecule is NC(CCC(=O)O)C(=O)O.O.O.O.O.O.O.O. The number of nitrogens with two attached hydrogens (primary N) is 1. The fourth-order valence-electron chi connectivity index (χ4n) is 0.402. The molecule has 0 aliphatic carbocycles. The first kappa shape index (κ1) is 57.5. The van der Waals surface area contributed by atoms with Gasteiger partial charge in [-0.05, 0) is 6.42 Å². The molecular weight excluding hydrogens is 250 g/mol. The van der Waals surface area contributed by atoms with Gasteiger partial charge in [0, 0.05) is 6.42 Å². The number of hydrogen-bond acceptors (Lipinski definition) is 3. The van der Waals surface area contributed by atoms with Crippen molar-refractivity contribution in [2.45, 2.75) is 18.9 Å². The Balaban J connectivity index is -0.0000000193. The highest BCUT2D eigenvalue weighted by molar-refractivity contribution is 5.74. The summed E-state index contributed by atoms with van der Waals surface area (Å²) in [6.45, 7) is 0. The molecule has 17 heavy (non-hydrogen) atoms. The van der Waals surface area contributed by atoms with Crippen molar-refractivity contribution in [3.05, 3.63) is 0 Å². The third-order valence-electron chi connectivity index (χ3n) is 0.986. The molecule has 0 rings (SSSR count). The second kappa shape index (κ2) is 29.3. The predicted molar refractivity (Wildman–Crippen MR) is 57.8 cm³/mol. The molecule has 1 atom stereocenters. The zero-order chi connectivity index (χ0) is 8.15. The standard InChI is InChI=1S/C5H9NO4.7H2O/c6-3(5(9)10)1-2-4(7)8;;;;;;;/h3H,1-2,6H2,(H,7,8)(H,9,10);7*1H2. The van der Waals surface area contributed by atoms with Crippen molar-refractivity contribution in [1.82, 2.24) is 0 Å². The maximum atomic E-state index is 9.99. The molecule has 0 aliphatic heterocycles. The van der Waals surface area contributed by atoms with Crippen molar-refractivity contribution in [1.29, 1.82) is 0 Å². The highest BCUT2D eigenvalue weighted by atomic mass is 16.4. The Kier molecular flexibility index (Phi) is 99.1. The summed E-state index contributed by atoms with van der Waals surface area (Å²) >= 11 is 0. The average Bonchev–Trinajstić information content (AvgIpc) is 1.82. The Bertz CT molecular complexity index is 151. The van der Waals surface area contributed by atoms with Crippen molar-refractivity contribution in [3.63, 3.8) is 0 Å². The van der Waals surface area contributed by atoms with Crippen LogP contribution in [0.1, 0.15) is 12.8 Å². The molecule has 0 saturated carbocycles. The molecule has 0 aromatic heterocycles. The van der Waals surface area contributed by atoms with Gasteiger partial charge in [0.05, 0.1) is 0 Å². The highest BCUT2D eigenvalue weighted by Gasteiger charge is 2.12. The first-order valence-electron chi connectivity index (χ1n) is 2.74. The summed E-state index contributed by atoms with van der Waals surface area (Å²) in [7, 11) is 0. The van der Waals surface area contributed by atoms with Gasteiger partial charge in [-0.15, -0.1) is 0 Å². The minimum Gasteiger partial charge on any atom is -0.481 e. The van der Waals surface area contributed by atoms with Gasteiger partial charge in [-0.3, -0.25) is 9.59 Å². The summed E-state index contributed by atoms with van der Waals surface area (Å²) in [6.07, 6.45) is -0.224. The van der Waals surface area contributed by atoms with Gasteiger partial charge < -0.3 is 54.3 Å². The summed E-state index contributed by atoms with van der Waals surface area (Å²) in [5, 5.41) is 16.3. The first-order chi connectivity index (χ1) is 4.54. The molecule has 0 fully saturated rings. The van der Waals surface area contributed by atoms with E-state index in [4.69, 9.17) is 15.9 Å². The summed E-state index contributed by atoms with van der Waals surface area (Å²) in [6, 6.07) is -1.06. The van der Waals surface area contributed by atoms with E-state index in [0.717, 1.165) is 0 Å². The average molecular weight is 273 g/mol. The molecule has 0 bridgehead atoms. The quantitative estimate of drug-likeness (QED) is 0.447. The first-order valence-corrected chi connectivity index (χ1v) is 2.74. The van der Waals surface area contributed by atoms with Gasteiger partial charge in [-0.25, -0.2) is 0 Å². The lowest BCUT2D eigenvalue weighted by Gasteiger charge is -2.01. The van der Waals surface area contributed by atoms with Crippen LogP contribution in [0.15, 0.2) is 0 Å². The molecular formula is C5H23NO11. The molecule has 18 N–H and O–H groups in total. The molecule has 0 aliphatic rings. The third kappa shape index (κ3) is 40.1. The van der Waals surface area contributed by atoms with E-state index in [1.165, 1.54) is 0 Å². The van der Waals surface area contributed by atoms with E-state index in [9.17, 15) is 9.59 Å². The zero-order valence-electron chi connectivity index (χ0n) is 8.78. The number of aliphatic carboxylic acids is 2. The lowest BCUT2D eigenvalue weighted by Crippen LogP contribution is -2.30. The summed E-state index contributed by atoms with van der Waals surface area (Å²) in [5.41, 5.74) is 5.00. The Morgan fingerprint density at radius 2 is 1.18 bits per heavy atom. The topological polar surface area (TPSA) is 321 Å². The number of carboxylic acids is 2. The second-order valence-corrected chi connectivity index (χ2v) is 1.88. The molecule has 12 nitrogen and oxygen atoms in total. The van der Waals surface area contributed by atoms with Crippen LogP contribution in [0.25, 0.3) is 0 Å². The Morgan fingerprint density at radius 3 is 1.35 bits per heavy atom. The van der Waals surface area contributed by atoms with E-state index in [2.05, 4.69) is 0 Å². The fraction of sp³-hybridized carbons (Fsp3) is 0.600. The molecule has 0 spiro atoms. The van der Waals surface area contributed by atoms with Gasteiger partial charge in [0.15, 0.2) is 0 Å². The minimum absolute atomic E-state index is 0. The monoisotopic (exact) mass is 273 g/mol. The van der Waals surface area contributed by atoms with E-state index >= 15 is 0 Å². The normalized spacial score (nSPS) is 7.35. The molecule has 0 saturated heterocycles. The molecule has 0 heterocycles. The maximum Gasteiger partial charge on any atom is 0.320 e. The van der Waals surface area contributed by atoms with Crippen molar-refractivity contribution < 1.29 is 58.1 Å². The van der Waals surface area contributed by atoms with Crippen LogP contribution in [0.2, 0.25) is 0 Å². The number of carboxylic acid groups (broad SMARTS) is 2. The third-order valence-corrected chi connectivity index (χ3v) is 0.986. The van der Waals surface area contributed by atoms with E-state index in [0.29, 0.717) is 0 Å². The molecule has 0 amide bonds. The van der Waals surface area contributed by atoms with Gasteiger partial charge >= 0.3 is 11.9 Å². The Labute approximate surface area is 95.8 Å². The molecule has 0 aromatic rings. The molecule has 0 aromatic carbocycles. The zero-order valence-corrected chi connectivity index (χ0v) is 8.78. The Hall–Kier alpha value is -1.38. The van der Waals surface area contributed by atoms with E-state index in [1.54, 1.807) is 0 Å². The number of hydrogen-bond donors (Lipinski definition) is 3. The number of rotatable bonds is 4. The van der Waals surface area contributed by atoms with Gasteiger partial charge in [0.1, 0.15) is 6.04 Å².